The fourth-order valence-corrected chi connectivity index (χ4v) is 3.85. The SMILES string of the molecule is COC(=O)c1ccc2c(ccn2-c2ccc(OC3CCN(C(=O)OC(C)(C)C)CC3)cn2)c1. The monoisotopic (exact) mass is 451 g/mol. The molecule has 0 bridgehead atoms. The van der Waals surface area contributed by atoms with Crippen molar-refractivity contribution in [3.8, 4) is 11.6 Å². The first kappa shape index (κ1) is 22.6. The van der Waals surface area contributed by atoms with Crippen LogP contribution in [0.4, 0.5) is 4.79 Å². The number of amides is 1. The topological polar surface area (TPSA) is 82.9 Å². The van der Waals surface area contributed by atoms with Gasteiger partial charge in [-0.05, 0) is 57.2 Å². The van der Waals surface area contributed by atoms with Crippen molar-refractivity contribution < 1.29 is 23.8 Å². The van der Waals surface area contributed by atoms with Crippen molar-refractivity contribution in [2.75, 3.05) is 20.2 Å². The summed E-state index contributed by atoms with van der Waals surface area (Å²) in [6.45, 7) is 6.82. The normalized spacial score (nSPS) is 14.8. The van der Waals surface area contributed by atoms with E-state index in [0.717, 1.165) is 29.6 Å². The number of likely N-dealkylation sites (tertiary alicyclic amines) is 1. The molecule has 1 aliphatic heterocycles. The summed E-state index contributed by atoms with van der Waals surface area (Å²) in [4.78, 5) is 30.3. The fraction of sp³-hybridized carbons (Fsp3) is 0.400. The molecular weight excluding hydrogens is 422 g/mol. The van der Waals surface area contributed by atoms with E-state index in [1.165, 1.54) is 7.11 Å². The zero-order chi connectivity index (χ0) is 23.6. The van der Waals surface area contributed by atoms with Gasteiger partial charge in [0, 0.05) is 37.5 Å². The molecule has 0 atom stereocenters. The molecule has 2 aromatic heterocycles. The molecule has 1 saturated heterocycles. The first-order valence-corrected chi connectivity index (χ1v) is 11.0. The highest BCUT2D eigenvalue weighted by molar-refractivity contribution is 5.95. The standard InChI is InChI=1S/C25H29N3O5/c1-25(2,3)33-24(30)27-12-10-19(11-13-27)32-20-6-8-22(26-16-20)28-14-9-17-15-18(23(29)31-4)5-7-21(17)28/h5-9,14-16,19H,10-13H2,1-4H3. The zero-order valence-electron chi connectivity index (χ0n) is 19.4. The summed E-state index contributed by atoms with van der Waals surface area (Å²) in [5, 5.41) is 0.928. The Kier molecular flexibility index (Phi) is 6.26. The van der Waals surface area contributed by atoms with Crippen molar-refractivity contribution in [2.24, 2.45) is 0 Å². The second-order valence-electron chi connectivity index (χ2n) is 9.09. The van der Waals surface area contributed by atoms with E-state index in [9.17, 15) is 9.59 Å². The summed E-state index contributed by atoms with van der Waals surface area (Å²) in [5.41, 5.74) is 0.961. The summed E-state index contributed by atoms with van der Waals surface area (Å²) in [6.07, 6.45) is 4.87. The molecule has 3 aromatic rings. The summed E-state index contributed by atoms with van der Waals surface area (Å²) in [5.74, 6) is 1.09. The lowest BCUT2D eigenvalue weighted by Crippen LogP contribution is -2.44. The summed E-state index contributed by atoms with van der Waals surface area (Å²) < 4.78 is 18.3. The lowest BCUT2D eigenvalue weighted by molar-refractivity contribution is 0.0126. The number of carbonyl (C=O) groups excluding carboxylic acids is 2. The fourth-order valence-electron chi connectivity index (χ4n) is 3.85. The molecule has 0 saturated carbocycles. The van der Waals surface area contributed by atoms with Gasteiger partial charge in [0.15, 0.2) is 0 Å². The highest BCUT2D eigenvalue weighted by atomic mass is 16.6. The van der Waals surface area contributed by atoms with Gasteiger partial charge in [0.05, 0.1) is 24.4 Å². The lowest BCUT2D eigenvalue weighted by Gasteiger charge is -2.33. The number of fused-ring (bicyclic) bond motifs is 1. The van der Waals surface area contributed by atoms with Gasteiger partial charge in [0.1, 0.15) is 23.3 Å². The molecule has 33 heavy (non-hydrogen) atoms. The molecule has 8 heteroatoms. The number of carbonyl (C=O) groups is 2. The Morgan fingerprint density at radius 1 is 1.06 bits per heavy atom. The maximum Gasteiger partial charge on any atom is 0.410 e. The van der Waals surface area contributed by atoms with Crippen LogP contribution in [0.5, 0.6) is 5.75 Å². The van der Waals surface area contributed by atoms with Crippen molar-refractivity contribution in [2.45, 2.75) is 45.3 Å². The van der Waals surface area contributed by atoms with E-state index in [1.54, 1.807) is 23.2 Å². The number of hydrogen-bond donors (Lipinski definition) is 0. The highest BCUT2D eigenvalue weighted by Gasteiger charge is 2.27. The summed E-state index contributed by atoms with van der Waals surface area (Å²) >= 11 is 0. The van der Waals surface area contributed by atoms with Crippen LogP contribution in [0.3, 0.4) is 0 Å². The Balaban J connectivity index is 1.38. The van der Waals surface area contributed by atoms with E-state index in [2.05, 4.69) is 4.98 Å². The van der Waals surface area contributed by atoms with Crippen LogP contribution in [-0.4, -0.2) is 58.4 Å². The average molecular weight is 452 g/mol. The number of esters is 1. The van der Waals surface area contributed by atoms with Crippen LogP contribution < -0.4 is 4.74 Å². The molecule has 0 unspecified atom stereocenters. The summed E-state index contributed by atoms with van der Waals surface area (Å²) in [7, 11) is 1.37. The Hall–Kier alpha value is -3.55. The predicted molar refractivity (Wildman–Crippen MR) is 124 cm³/mol. The number of benzene rings is 1. The third kappa shape index (κ3) is 5.27. The number of aromatic nitrogens is 2. The first-order valence-electron chi connectivity index (χ1n) is 11.0. The molecule has 1 aliphatic rings. The molecule has 4 rings (SSSR count). The maximum absolute atomic E-state index is 12.2. The van der Waals surface area contributed by atoms with Crippen molar-refractivity contribution in [1.29, 1.82) is 0 Å². The van der Waals surface area contributed by atoms with Gasteiger partial charge in [-0.2, -0.15) is 0 Å². The largest absolute Gasteiger partial charge is 0.489 e. The smallest absolute Gasteiger partial charge is 0.410 e. The van der Waals surface area contributed by atoms with Crippen molar-refractivity contribution >= 4 is 23.0 Å². The Morgan fingerprint density at radius 3 is 2.45 bits per heavy atom. The van der Waals surface area contributed by atoms with Crippen LogP contribution in [0, 0.1) is 0 Å². The second kappa shape index (κ2) is 9.13. The van der Waals surface area contributed by atoms with Gasteiger partial charge < -0.3 is 23.7 Å². The number of methoxy groups -OCH3 is 1. The van der Waals surface area contributed by atoms with Crippen LogP contribution in [0.25, 0.3) is 16.7 Å². The van der Waals surface area contributed by atoms with Crippen molar-refractivity contribution in [3.63, 3.8) is 0 Å². The van der Waals surface area contributed by atoms with Gasteiger partial charge in [0.2, 0.25) is 0 Å². The number of nitrogens with zero attached hydrogens (tertiary/aromatic N) is 3. The molecule has 1 amide bonds. The van der Waals surface area contributed by atoms with E-state index in [0.29, 0.717) is 24.4 Å². The van der Waals surface area contributed by atoms with E-state index in [1.807, 2.05) is 55.8 Å². The van der Waals surface area contributed by atoms with E-state index in [4.69, 9.17) is 14.2 Å². The molecule has 8 nitrogen and oxygen atoms in total. The highest BCUT2D eigenvalue weighted by Crippen LogP contribution is 2.24. The average Bonchev–Trinajstić information content (AvgIpc) is 3.21. The second-order valence-corrected chi connectivity index (χ2v) is 9.09. The van der Waals surface area contributed by atoms with E-state index >= 15 is 0 Å². The number of ether oxygens (including phenoxy) is 3. The number of pyridine rings is 1. The van der Waals surface area contributed by atoms with E-state index < -0.39 is 5.60 Å². The minimum atomic E-state index is -0.494. The van der Waals surface area contributed by atoms with Crippen molar-refractivity contribution in [1.82, 2.24) is 14.5 Å². The predicted octanol–water partition coefficient (Wildman–Crippen LogP) is 4.59. The number of hydrogen-bond acceptors (Lipinski definition) is 6. The quantitative estimate of drug-likeness (QED) is 0.540. The molecule has 3 heterocycles. The molecule has 1 fully saturated rings. The molecule has 174 valence electrons. The van der Waals surface area contributed by atoms with Crippen molar-refractivity contribution in [3.05, 3.63) is 54.4 Å². The first-order chi connectivity index (χ1) is 15.7. The third-order valence-electron chi connectivity index (χ3n) is 5.48. The van der Waals surface area contributed by atoms with Gasteiger partial charge in [-0.15, -0.1) is 0 Å². The van der Waals surface area contributed by atoms with Gasteiger partial charge in [-0.3, -0.25) is 0 Å². The molecule has 0 spiro atoms. The minimum absolute atomic E-state index is 0.0282. The maximum atomic E-state index is 12.2. The van der Waals surface area contributed by atoms with Gasteiger partial charge in [-0.1, -0.05) is 0 Å². The molecule has 0 N–H and O–H groups in total. The van der Waals surface area contributed by atoms with Crippen LogP contribution in [0.2, 0.25) is 0 Å². The van der Waals surface area contributed by atoms with Crippen LogP contribution in [0.1, 0.15) is 44.0 Å². The van der Waals surface area contributed by atoms with Gasteiger partial charge in [0.25, 0.3) is 0 Å². The Labute approximate surface area is 193 Å². The zero-order valence-corrected chi connectivity index (χ0v) is 19.4. The summed E-state index contributed by atoms with van der Waals surface area (Å²) in [6, 6.07) is 11.2. The third-order valence-corrected chi connectivity index (χ3v) is 5.48. The lowest BCUT2D eigenvalue weighted by atomic mass is 10.1. The minimum Gasteiger partial charge on any atom is -0.489 e. The van der Waals surface area contributed by atoms with Gasteiger partial charge in [-0.25, -0.2) is 14.6 Å². The van der Waals surface area contributed by atoms with Gasteiger partial charge >= 0.3 is 12.1 Å². The molecule has 1 aromatic carbocycles. The molecule has 0 aliphatic carbocycles. The molecular formula is C25H29N3O5. The van der Waals surface area contributed by atoms with Crippen LogP contribution in [0.15, 0.2) is 48.8 Å². The van der Waals surface area contributed by atoms with Crippen LogP contribution >= 0.6 is 0 Å². The van der Waals surface area contributed by atoms with Crippen LogP contribution in [-0.2, 0) is 9.47 Å². The van der Waals surface area contributed by atoms with E-state index in [-0.39, 0.29) is 18.2 Å². The Morgan fingerprint density at radius 2 is 1.82 bits per heavy atom. The number of rotatable bonds is 4. The Bertz CT molecular complexity index is 1140. The molecule has 0 radical (unpaired) electrons. The number of piperidine rings is 1.